The van der Waals surface area contributed by atoms with Crippen LogP contribution in [0.5, 0.6) is 0 Å². The number of amides is 1. The zero-order valence-corrected chi connectivity index (χ0v) is 17.9. The summed E-state index contributed by atoms with van der Waals surface area (Å²) in [5, 5.41) is 7.57. The topological polar surface area (TPSA) is 53.4 Å². The van der Waals surface area contributed by atoms with E-state index in [0.717, 1.165) is 49.5 Å². The van der Waals surface area contributed by atoms with Crippen LogP contribution in [0.25, 0.3) is 11.8 Å². The Labute approximate surface area is 183 Å². The number of hydrogen-bond donors (Lipinski definition) is 1. The molecular formula is C25H29N5O. The molecule has 0 aliphatic carbocycles. The predicted molar refractivity (Wildman–Crippen MR) is 124 cm³/mol. The van der Waals surface area contributed by atoms with E-state index in [0.29, 0.717) is 0 Å². The standard InChI is InChI=1S/C25H29N5O/c1-28-14-16-29(17-15-28)20-24(22-8-4-2-5-9-22)27-25(31)13-12-21-18-26-30(19-21)23-10-6-3-7-11-23/h2-13,18-19,24H,14-17,20H2,1H3,(H,27,31)/b13-12+. The molecule has 1 atom stereocenters. The van der Waals surface area contributed by atoms with Crippen molar-refractivity contribution in [2.24, 2.45) is 0 Å². The van der Waals surface area contributed by atoms with E-state index in [1.165, 1.54) is 0 Å². The molecule has 1 aliphatic heterocycles. The van der Waals surface area contributed by atoms with Crippen LogP contribution in [-0.4, -0.2) is 65.3 Å². The minimum Gasteiger partial charge on any atom is -0.344 e. The summed E-state index contributed by atoms with van der Waals surface area (Å²) < 4.78 is 1.80. The van der Waals surface area contributed by atoms with Gasteiger partial charge in [0.15, 0.2) is 0 Å². The van der Waals surface area contributed by atoms with Gasteiger partial charge < -0.3 is 10.2 Å². The third kappa shape index (κ3) is 5.90. The number of likely N-dealkylation sites (N-methyl/N-ethyl adjacent to an activating group) is 1. The van der Waals surface area contributed by atoms with Crippen molar-refractivity contribution in [2.45, 2.75) is 6.04 Å². The van der Waals surface area contributed by atoms with Crippen molar-refractivity contribution in [3.05, 3.63) is 90.3 Å². The number of aromatic nitrogens is 2. The number of hydrogen-bond acceptors (Lipinski definition) is 4. The molecule has 2 heterocycles. The maximum atomic E-state index is 12.7. The molecule has 0 bridgehead atoms. The largest absolute Gasteiger partial charge is 0.344 e. The Bertz CT molecular complexity index is 991. The van der Waals surface area contributed by atoms with E-state index in [9.17, 15) is 4.79 Å². The summed E-state index contributed by atoms with van der Waals surface area (Å²) in [6.45, 7) is 4.96. The second kappa shape index (κ2) is 10.2. The third-order valence-corrected chi connectivity index (χ3v) is 5.61. The molecule has 1 saturated heterocycles. The fraction of sp³-hybridized carbons (Fsp3) is 0.280. The zero-order valence-electron chi connectivity index (χ0n) is 17.9. The van der Waals surface area contributed by atoms with E-state index in [4.69, 9.17) is 0 Å². The Morgan fingerprint density at radius 2 is 1.71 bits per heavy atom. The first-order chi connectivity index (χ1) is 15.2. The number of benzene rings is 2. The fourth-order valence-electron chi connectivity index (χ4n) is 3.74. The van der Waals surface area contributed by atoms with Gasteiger partial charge in [0.1, 0.15) is 0 Å². The molecule has 0 spiro atoms. The number of carbonyl (C=O) groups is 1. The molecule has 4 rings (SSSR count). The average molecular weight is 416 g/mol. The molecule has 160 valence electrons. The molecule has 31 heavy (non-hydrogen) atoms. The van der Waals surface area contributed by atoms with Crippen LogP contribution in [0.1, 0.15) is 17.2 Å². The number of nitrogens with one attached hydrogen (secondary N) is 1. The summed E-state index contributed by atoms with van der Waals surface area (Å²) in [5.41, 5.74) is 3.00. The van der Waals surface area contributed by atoms with Crippen molar-refractivity contribution in [3.63, 3.8) is 0 Å². The average Bonchev–Trinajstić information content (AvgIpc) is 3.29. The van der Waals surface area contributed by atoms with Crippen LogP contribution < -0.4 is 5.32 Å². The second-order valence-electron chi connectivity index (χ2n) is 7.96. The van der Waals surface area contributed by atoms with Crippen molar-refractivity contribution in [2.75, 3.05) is 39.8 Å². The Morgan fingerprint density at radius 3 is 2.42 bits per heavy atom. The molecule has 0 saturated carbocycles. The maximum absolute atomic E-state index is 12.7. The molecule has 6 heteroatoms. The number of piperazine rings is 1. The van der Waals surface area contributed by atoms with Crippen LogP contribution in [0, 0.1) is 0 Å². The lowest BCUT2D eigenvalue weighted by Gasteiger charge is -2.34. The first-order valence-corrected chi connectivity index (χ1v) is 10.7. The number of rotatable bonds is 7. The highest BCUT2D eigenvalue weighted by molar-refractivity contribution is 5.91. The fourth-order valence-corrected chi connectivity index (χ4v) is 3.74. The van der Waals surface area contributed by atoms with Gasteiger partial charge >= 0.3 is 0 Å². The summed E-state index contributed by atoms with van der Waals surface area (Å²) in [5.74, 6) is -0.101. The van der Waals surface area contributed by atoms with Gasteiger partial charge in [-0.05, 0) is 30.8 Å². The van der Waals surface area contributed by atoms with E-state index >= 15 is 0 Å². The van der Waals surface area contributed by atoms with Crippen LogP contribution in [-0.2, 0) is 4.79 Å². The first-order valence-electron chi connectivity index (χ1n) is 10.7. The molecule has 2 aromatic carbocycles. The summed E-state index contributed by atoms with van der Waals surface area (Å²) in [6.07, 6.45) is 7.07. The van der Waals surface area contributed by atoms with Gasteiger partial charge in [-0.1, -0.05) is 48.5 Å². The number of carbonyl (C=O) groups excluding carboxylic acids is 1. The molecule has 0 radical (unpaired) electrons. The normalized spacial score (nSPS) is 16.4. The molecule has 1 aliphatic rings. The van der Waals surface area contributed by atoms with Gasteiger partial charge in [0.25, 0.3) is 0 Å². The quantitative estimate of drug-likeness (QED) is 0.603. The van der Waals surface area contributed by atoms with E-state index < -0.39 is 0 Å². The summed E-state index contributed by atoms with van der Waals surface area (Å²) >= 11 is 0. The molecule has 1 amide bonds. The van der Waals surface area contributed by atoms with Crippen molar-refractivity contribution in [3.8, 4) is 5.69 Å². The van der Waals surface area contributed by atoms with E-state index in [1.54, 1.807) is 23.0 Å². The van der Waals surface area contributed by atoms with Crippen LogP contribution in [0.15, 0.2) is 79.1 Å². The van der Waals surface area contributed by atoms with Gasteiger partial charge in [-0.2, -0.15) is 5.10 Å². The smallest absolute Gasteiger partial charge is 0.244 e. The van der Waals surface area contributed by atoms with Gasteiger partial charge in [0.2, 0.25) is 5.91 Å². The van der Waals surface area contributed by atoms with Crippen LogP contribution in [0.3, 0.4) is 0 Å². The maximum Gasteiger partial charge on any atom is 0.244 e. The highest BCUT2D eigenvalue weighted by atomic mass is 16.1. The number of para-hydroxylation sites is 1. The van der Waals surface area contributed by atoms with Crippen molar-refractivity contribution < 1.29 is 4.79 Å². The van der Waals surface area contributed by atoms with Gasteiger partial charge in [0.05, 0.1) is 17.9 Å². The zero-order chi connectivity index (χ0) is 21.5. The van der Waals surface area contributed by atoms with E-state index in [-0.39, 0.29) is 11.9 Å². The van der Waals surface area contributed by atoms with Crippen molar-refractivity contribution in [1.82, 2.24) is 24.9 Å². The Kier molecular flexibility index (Phi) is 6.92. The third-order valence-electron chi connectivity index (χ3n) is 5.61. The summed E-state index contributed by atoms with van der Waals surface area (Å²) in [7, 11) is 2.15. The molecule has 1 unspecified atom stereocenters. The monoisotopic (exact) mass is 415 g/mol. The van der Waals surface area contributed by atoms with Crippen LogP contribution in [0.2, 0.25) is 0 Å². The Morgan fingerprint density at radius 1 is 1.03 bits per heavy atom. The molecule has 1 aromatic heterocycles. The van der Waals surface area contributed by atoms with Crippen LogP contribution in [0.4, 0.5) is 0 Å². The molecule has 1 N–H and O–H groups in total. The number of nitrogens with zero attached hydrogens (tertiary/aromatic N) is 4. The predicted octanol–water partition coefficient (Wildman–Crippen LogP) is 2.99. The van der Waals surface area contributed by atoms with Crippen molar-refractivity contribution >= 4 is 12.0 Å². The minimum atomic E-state index is -0.101. The second-order valence-corrected chi connectivity index (χ2v) is 7.96. The summed E-state index contributed by atoms with van der Waals surface area (Å²) in [4.78, 5) is 17.5. The lowest BCUT2D eigenvalue weighted by molar-refractivity contribution is -0.117. The van der Waals surface area contributed by atoms with Gasteiger partial charge in [-0.15, -0.1) is 0 Å². The minimum absolute atomic E-state index is 0.0474. The molecule has 6 nitrogen and oxygen atoms in total. The SMILES string of the molecule is CN1CCN(CC(NC(=O)/C=C/c2cnn(-c3ccccc3)c2)c2ccccc2)CC1. The Balaban J connectivity index is 1.40. The molecular weight excluding hydrogens is 386 g/mol. The highest BCUT2D eigenvalue weighted by Gasteiger charge is 2.20. The Hall–Kier alpha value is -3.22. The highest BCUT2D eigenvalue weighted by Crippen LogP contribution is 2.16. The molecule has 1 fully saturated rings. The van der Waals surface area contributed by atoms with E-state index in [1.807, 2.05) is 54.7 Å². The van der Waals surface area contributed by atoms with E-state index in [2.05, 4.69) is 39.4 Å². The lowest BCUT2D eigenvalue weighted by atomic mass is 10.1. The molecule has 3 aromatic rings. The summed E-state index contributed by atoms with van der Waals surface area (Å²) in [6, 6.07) is 20.1. The first kappa shape index (κ1) is 21.0. The van der Waals surface area contributed by atoms with Gasteiger partial charge in [-0.3, -0.25) is 9.69 Å². The van der Waals surface area contributed by atoms with Gasteiger partial charge in [-0.25, -0.2) is 4.68 Å². The van der Waals surface area contributed by atoms with Gasteiger partial charge in [0, 0.05) is 50.6 Å². The van der Waals surface area contributed by atoms with Crippen molar-refractivity contribution in [1.29, 1.82) is 0 Å². The van der Waals surface area contributed by atoms with Crippen LogP contribution >= 0.6 is 0 Å². The lowest BCUT2D eigenvalue weighted by Crippen LogP contribution is -2.47.